The fourth-order valence-electron chi connectivity index (χ4n) is 2.65. The van der Waals surface area contributed by atoms with Crippen molar-refractivity contribution in [3.05, 3.63) is 59.7 Å². The molecule has 5 heteroatoms. The van der Waals surface area contributed by atoms with Gasteiger partial charge >= 0.3 is 6.09 Å². The van der Waals surface area contributed by atoms with Crippen LogP contribution in [0.1, 0.15) is 18.1 Å². The van der Waals surface area contributed by atoms with E-state index >= 15 is 0 Å². The first-order valence-electron chi connectivity index (χ1n) is 7.56. The molecule has 0 radical (unpaired) electrons. The molecule has 1 atom stereocenters. The molecular weight excluding hydrogens is 294 g/mol. The lowest BCUT2D eigenvalue weighted by Crippen LogP contribution is -2.34. The topological polar surface area (TPSA) is 59.0 Å². The first-order valence-corrected chi connectivity index (χ1v) is 7.56. The summed E-state index contributed by atoms with van der Waals surface area (Å²) in [6, 6.07) is 15.4. The molecule has 0 saturated heterocycles. The molecule has 23 heavy (non-hydrogen) atoms. The maximum absolute atomic E-state index is 11.4. The van der Waals surface area contributed by atoms with Crippen molar-refractivity contribution >= 4 is 6.09 Å². The van der Waals surface area contributed by atoms with Crippen LogP contribution in [0.15, 0.2) is 48.5 Å². The molecule has 3 rings (SSSR count). The van der Waals surface area contributed by atoms with Crippen molar-refractivity contribution in [1.82, 2.24) is 4.90 Å². The molecule has 0 aromatic heterocycles. The van der Waals surface area contributed by atoms with Gasteiger partial charge in [-0.25, -0.2) is 4.79 Å². The van der Waals surface area contributed by atoms with Gasteiger partial charge in [0.25, 0.3) is 0 Å². The standard InChI is InChI=1S/C18H19NO4/c1-13-10-19(18(20)21)11-15-16(8-5-9-17(15)23-13)22-12-14-6-3-2-4-7-14/h2-9,13H,10-12H2,1H3,(H,20,21). The maximum atomic E-state index is 11.4. The van der Waals surface area contributed by atoms with Crippen molar-refractivity contribution in [2.24, 2.45) is 0 Å². The monoisotopic (exact) mass is 313 g/mol. The van der Waals surface area contributed by atoms with Crippen LogP contribution in [-0.2, 0) is 13.2 Å². The van der Waals surface area contributed by atoms with E-state index in [-0.39, 0.29) is 12.6 Å². The highest BCUT2D eigenvalue weighted by Gasteiger charge is 2.25. The van der Waals surface area contributed by atoms with Crippen LogP contribution in [0, 0.1) is 0 Å². The van der Waals surface area contributed by atoms with E-state index in [2.05, 4.69) is 0 Å². The van der Waals surface area contributed by atoms with E-state index in [1.54, 1.807) is 0 Å². The summed E-state index contributed by atoms with van der Waals surface area (Å²) in [5.41, 5.74) is 1.83. The molecule has 5 nitrogen and oxygen atoms in total. The number of carboxylic acid groups (broad SMARTS) is 1. The third-order valence-electron chi connectivity index (χ3n) is 3.75. The fraction of sp³-hybridized carbons (Fsp3) is 0.278. The SMILES string of the molecule is CC1CN(C(=O)O)Cc2c(OCc3ccccc3)cccc2O1. The lowest BCUT2D eigenvalue weighted by atomic mass is 10.1. The van der Waals surface area contributed by atoms with Gasteiger partial charge in [-0.3, -0.25) is 0 Å². The highest BCUT2D eigenvalue weighted by Crippen LogP contribution is 2.33. The number of benzene rings is 2. The Labute approximate surface area is 135 Å². The highest BCUT2D eigenvalue weighted by atomic mass is 16.5. The van der Waals surface area contributed by atoms with Crippen molar-refractivity contribution in [2.45, 2.75) is 26.2 Å². The van der Waals surface area contributed by atoms with Crippen molar-refractivity contribution in [2.75, 3.05) is 6.54 Å². The summed E-state index contributed by atoms with van der Waals surface area (Å²) in [5, 5.41) is 9.33. The predicted octanol–water partition coefficient (Wildman–Crippen LogP) is 3.53. The Balaban J connectivity index is 1.85. The number of fused-ring (bicyclic) bond motifs is 1. The summed E-state index contributed by atoms with van der Waals surface area (Å²) < 4.78 is 11.8. The van der Waals surface area contributed by atoms with Gasteiger partial charge in [0, 0.05) is 0 Å². The van der Waals surface area contributed by atoms with Crippen LogP contribution in [0.5, 0.6) is 11.5 Å². The molecule has 0 fully saturated rings. The van der Waals surface area contributed by atoms with Gasteiger partial charge in [0.15, 0.2) is 0 Å². The minimum absolute atomic E-state index is 0.197. The van der Waals surface area contributed by atoms with Gasteiger partial charge in [0.1, 0.15) is 24.2 Å². The third kappa shape index (κ3) is 3.56. The molecule has 120 valence electrons. The van der Waals surface area contributed by atoms with Gasteiger partial charge in [-0.15, -0.1) is 0 Å². The van der Waals surface area contributed by atoms with Crippen LogP contribution in [0.4, 0.5) is 4.79 Å². The molecular formula is C18H19NO4. The van der Waals surface area contributed by atoms with Gasteiger partial charge in [-0.2, -0.15) is 0 Å². The van der Waals surface area contributed by atoms with E-state index in [1.165, 1.54) is 4.90 Å². The zero-order valence-corrected chi connectivity index (χ0v) is 12.9. The van der Waals surface area contributed by atoms with Crippen molar-refractivity contribution in [1.29, 1.82) is 0 Å². The van der Waals surface area contributed by atoms with E-state index in [0.29, 0.717) is 24.7 Å². The average molecular weight is 313 g/mol. The minimum atomic E-state index is -0.953. The van der Waals surface area contributed by atoms with Crippen molar-refractivity contribution in [3.63, 3.8) is 0 Å². The molecule has 1 aliphatic heterocycles. The normalized spacial score (nSPS) is 16.9. The lowest BCUT2D eigenvalue weighted by molar-refractivity contribution is 0.121. The first kappa shape index (κ1) is 15.2. The second-order valence-corrected chi connectivity index (χ2v) is 5.60. The molecule has 0 spiro atoms. The fourth-order valence-corrected chi connectivity index (χ4v) is 2.65. The summed E-state index contributed by atoms with van der Waals surface area (Å²) in [4.78, 5) is 12.7. The number of ether oxygens (including phenoxy) is 2. The van der Waals surface area contributed by atoms with Crippen LogP contribution in [0.2, 0.25) is 0 Å². The number of amides is 1. The van der Waals surface area contributed by atoms with Gasteiger partial charge in [0.2, 0.25) is 0 Å². The largest absolute Gasteiger partial charge is 0.488 e. The average Bonchev–Trinajstić information content (AvgIpc) is 2.72. The van der Waals surface area contributed by atoms with Crippen molar-refractivity contribution in [3.8, 4) is 11.5 Å². The zero-order chi connectivity index (χ0) is 16.2. The molecule has 2 aromatic rings. The summed E-state index contributed by atoms with van der Waals surface area (Å²) in [6.45, 7) is 2.89. The van der Waals surface area contributed by atoms with E-state index in [4.69, 9.17) is 9.47 Å². The van der Waals surface area contributed by atoms with Crippen LogP contribution < -0.4 is 9.47 Å². The Hall–Kier alpha value is -2.69. The highest BCUT2D eigenvalue weighted by molar-refractivity contribution is 5.66. The Morgan fingerprint density at radius 1 is 1.26 bits per heavy atom. The van der Waals surface area contributed by atoms with Crippen LogP contribution >= 0.6 is 0 Å². The summed E-state index contributed by atoms with van der Waals surface area (Å²) in [7, 11) is 0. The Morgan fingerprint density at radius 3 is 2.78 bits per heavy atom. The van der Waals surface area contributed by atoms with Crippen molar-refractivity contribution < 1.29 is 19.4 Å². The Bertz CT molecular complexity index is 687. The molecule has 1 heterocycles. The van der Waals surface area contributed by atoms with E-state index in [1.807, 2.05) is 55.5 Å². The number of nitrogens with zero attached hydrogens (tertiary/aromatic N) is 1. The maximum Gasteiger partial charge on any atom is 0.407 e. The molecule has 0 saturated carbocycles. The van der Waals surface area contributed by atoms with Crippen LogP contribution in [0.3, 0.4) is 0 Å². The van der Waals surface area contributed by atoms with Crippen LogP contribution in [0.25, 0.3) is 0 Å². The number of rotatable bonds is 3. The molecule has 1 amide bonds. The summed E-state index contributed by atoms with van der Waals surface area (Å²) >= 11 is 0. The second-order valence-electron chi connectivity index (χ2n) is 5.60. The van der Waals surface area contributed by atoms with Gasteiger partial charge < -0.3 is 19.5 Å². The number of hydrogen-bond donors (Lipinski definition) is 1. The summed E-state index contributed by atoms with van der Waals surface area (Å²) in [6.07, 6.45) is -1.15. The smallest absolute Gasteiger partial charge is 0.407 e. The van der Waals surface area contributed by atoms with E-state index < -0.39 is 6.09 Å². The molecule has 0 bridgehead atoms. The minimum Gasteiger partial charge on any atom is -0.488 e. The van der Waals surface area contributed by atoms with Gasteiger partial charge in [-0.05, 0) is 24.6 Å². The molecule has 1 aliphatic rings. The van der Waals surface area contributed by atoms with E-state index in [0.717, 1.165) is 11.1 Å². The Morgan fingerprint density at radius 2 is 2.04 bits per heavy atom. The van der Waals surface area contributed by atoms with E-state index in [9.17, 15) is 9.90 Å². The van der Waals surface area contributed by atoms with Crippen LogP contribution in [-0.4, -0.2) is 28.7 Å². The molecule has 0 aliphatic carbocycles. The van der Waals surface area contributed by atoms with Gasteiger partial charge in [-0.1, -0.05) is 36.4 Å². The molecule has 1 N–H and O–H groups in total. The summed E-state index contributed by atoms with van der Waals surface area (Å²) in [5.74, 6) is 1.35. The number of hydrogen-bond acceptors (Lipinski definition) is 3. The second kappa shape index (κ2) is 6.60. The predicted molar refractivity (Wildman–Crippen MR) is 85.7 cm³/mol. The third-order valence-corrected chi connectivity index (χ3v) is 3.75. The zero-order valence-electron chi connectivity index (χ0n) is 12.9. The quantitative estimate of drug-likeness (QED) is 0.942. The van der Waals surface area contributed by atoms with Gasteiger partial charge in [0.05, 0.1) is 18.7 Å². The first-order chi connectivity index (χ1) is 11.1. The molecule has 2 aromatic carbocycles. The number of carbonyl (C=O) groups is 1. The Kier molecular flexibility index (Phi) is 4.37. The molecule has 1 unspecified atom stereocenters. The lowest BCUT2D eigenvalue weighted by Gasteiger charge is -2.18.